The number of thiophene rings is 1. The number of carbonyl (C=O) groups excluding carboxylic acids is 1. The van der Waals surface area contributed by atoms with Crippen molar-refractivity contribution in [1.29, 1.82) is 0 Å². The van der Waals surface area contributed by atoms with Crippen LogP contribution in [0.25, 0.3) is 0 Å². The SMILES string of the molecule is CNS(=O)(=O)c1csc(C(=O)N(C)C(C)(C)C(=O)O)c1. The molecule has 0 fully saturated rings. The van der Waals surface area contributed by atoms with Crippen LogP contribution in [0.15, 0.2) is 16.3 Å². The van der Waals surface area contributed by atoms with Gasteiger partial charge < -0.3 is 10.0 Å². The molecule has 0 aromatic carbocycles. The van der Waals surface area contributed by atoms with Crippen molar-refractivity contribution in [3.05, 3.63) is 16.3 Å². The summed E-state index contributed by atoms with van der Waals surface area (Å²) in [5, 5.41) is 10.4. The molecule has 0 unspecified atom stereocenters. The predicted molar refractivity (Wildman–Crippen MR) is 74.4 cm³/mol. The Morgan fingerprint density at radius 3 is 2.40 bits per heavy atom. The second-order valence-corrected chi connectivity index (χ2v) is 7.38. The molecule has 2 N–H and O–H groups in total. The van der Waals surface area contributed by atoms with Crippen LogP contribution >= 0.6 is 11.3 Å². The summed E-state index contributed by atoms with van der Waals surface area (Å²) in [4.78, 5) is 24.5. The number of carboxylic acids is 1. The molecule has 0 saturated carbocycles. The number of nitrogens with one attached hydrogen (secondary N) is 1. The molecule has 0 bridgehead atoms. The lowest BCUT2D eigenvalue weighted by Crippen LogP contribution is -2.50. The Hall–Kier alpha value is -1.45. The third-order valence-electron chi connectivity index (χ3n) is 3.03. The van der Waals surface area contributed by atoms with Gasteiger partial charge in [-0.1, -0.05) is 0 Å². The normalized spacial score (nSPS) is 12.2. The van der Waals surface area contributed by atoms with Crippen LogP contribution in [0, 0.1) is 0 Å². The summed E-state index contributed by atoms with van der Waals surface area (Å²) in [6.45, 7) is 2.79. The van der Waals surface area contributed by atoms with Gasteiger partial charge in [-0.05, 0) is 27.0 Å². The van der Waals surface area contributed by atoms with Crippen LogP contribution < -0.4 is 4.72 Å². The van der Waals surface area contributed by atoms with E-state index in [1.807, 2.05) is 0 Å². The molecule has 1 aromatic heterocycles. The Kier molecular flexibility index (Phi) is 4.57. The van der Waals surface area contributed by atoms with Crippen LogP contribution in [0.2, 0.25) is 0 Å². The second-order valence-electron chi connectivity index (χ2n) is 4.58. The molecule has 0 aliphatic carbocycles. The smallest absolute Gasteiger partial charge is 0.329 e. The number of sulfonamides is 1. The number of hydrogen-bond donors (Lipinski definition) is 2. The Morgan fingerprint density at radius 2 is 1.95 bits per heavy atom. The van der Waals surface area contributed by atoms with Crippen molar-refractivity contribution in [1.82, 2.24) is 9.62 Å². The largest absolute Gasteiger partial charge is 0.480 e. The number of hydrogen-bond acceptors (Lipinski definition) is 5. The molecule has 112 valence electrons. The Bertz CT molecular complexity index is 633. The van der Waals surface area contributed by atoms with Gasteiger partial charge in [0.2, 0.25) is 10.0 Å². The summed E-state index contributed by atoms with van der Waals surface area (Å²) >= 11 is 0.953. The lowest BCUT2D eigenvalue weighted by atomic mass is 10.0. The van der Waals surface area contributed by atoms with E-state index in [9.17, 15) is 18.0 Å². The van der Waals surface area contributed by atoms with E-state index < -0.39 is 27.4 Å². The van der Waals surface area contributed by atoms with Crippen molar-refractivity contribution in [3.8, 4) is 0 Å². The van der Waals surface area contributed by atoms with Crippen molar-refractivity contribution in [2.24, 2.45) is 0 Å². The summed E-state index contributed by atoms with van der Waals surface area (Å²) in [6.07, 6.45) is 0. The molecule has 0 saturated heterocycles. The quantitative estimate of drug-likeness (QED) is 0.826. The molecule has 1 heterocycles. The van der Waals surface area contributed by atoms with E-state index in [-0.39, 0.29) is 9.77 Å². The Morgan fingerprint density at radius 1 is 1.40 bits per heavy atom. The number of likely N-dealkylation sites (N-methyl/N-ethyl adjacent to an activating group) is 1. The third-order valence-corrected chi connectivity index (χ3v) is 5.49. The Labute approximate surface area is 121 Å². The summed E-state index contributed by atoms with van der Waals surface area (Å²) in [6, 6.07) is 1.23. The first-order chi connectivity index (χ1) is 9.04. The second kappa shape index (κ2) is 5.51. The van der Waals surface area contributed by atoms with Crippen LogP contribution in [-0.4, -0.2) is 49.9 Å². The summed E-state index contributed by atoms with van der Waals surface area (Å²) in [5.41, 5.74) is -1.39. The van der Waals surface area contributed by atoms with Crippen molar-refractivity contribution in [3.63, 3.8) is 0 Å². The average Bonchev–Trinajstić information content (AvgIpc) is 2.86. The van der Waals surface area contributed by atoms with Crippen LogP contribution in [0.5, 0.6) is 0 Å². The van der Waals surface area contributed by atoms with Crippen molar-refractivity contribution in [2.75, 3.05) is 14.1 Å². The maximum atomic E-state index is 12.2. The van der Waals surface area contributed by atoms with E-state index in [0.29, 0.717) is 0 Å². The number of carbonyl (C=O) groups is 2. The fourth-order valence-corrected chi connectivity index (χ4v) is 3.23. The molecule has 0 atom stereocenters. The van der Waals surface area contributed by atoms with Crippen molar-refractivity contribution < 1.29 is 23.1 Å². The zero-order valence-corrected chi connectivity index (χ0v) is 13.1. The molecule has 0 aliphatic rings. The molecule has 0 spiro atoms. The highest BCUT2D eigenvalue weighted by molar-refractivity contribution is 7.89. The molecule has 7 nitrogen and oxygen atoms in total. The minimum absolute atomic E-state index is 0.0186. The molecular formula is C11H16N2O5S2. The number of aliphatic carboxylic acids is 1. The van der Waals surface area contributed by atoms with E-state index >= 15 is 0 Å². The Balaban J connectivity index is 3.09. The van der Waals surface area contributed by atoms with Crippen molar-refractivity contribution >= 4 is 33.2 Å². The van der Waals surface area contributed by atoms with Gasteiger partial charge in [-0.3, -0.25) is 4.79 Å². The third kappa shape index (κ3) is 3.00. The van der Waals surface area contributed by atoms with Crippen molar-refractivity contribution in [2.45, 2.75) is 24.3 Å². The first-order valence-electron chi connectivity index (χ1n) is 5.57. The van der Waals surface area contributed by atoms with E-state index in [1.165, 1.54) is 39.4 Å². The van der Waals surface area contributed by atoms with Crippen LogP contribution in [0.1, 0.15) is 23.5 Å². The fraction of sp³-hybridized carbons (Fsp3) is 0.455. The maximum absolute atomic E-state index is 12.2. The molecule has 9 heteroatoms. The molecule has 0 aliphatic heterocycles. The first-order valence-corrected chi connectivity index (χ1v) is 7.94. The summed E-state index contributed by atoms with van der Waals surface area (Å²) in [7, 11) is -0.980. The molecule has 1 amide bonds. The minimum atomic E-state index is -3.62. The average molecular weight is 320 g/mol. The first kappa shape index (κ1) is 16.6. The van der Waals surface area contributed by atoms with Gasteiger partial charge >= 0.3 is 5.97 Å². The monoisotopic (exact) mass is 320 g/mol. The van der Waals surface area contributed by atoms with Gasteiger partial charge in [-0.15, -0.1) is 11.3 Å². The van der Waals surface area contributed by atoms with Crippen LogP contribution in [0.3, 0.4) is 0 Å². The van der Waals surface area contributed by atoms with Crippen LogP contribution in [0.4, 0.5) is 0 Å². The highest BCUT2D eigenvalue weighted by atomic mass is 32.2. The molecule has 20 heavy (non-hydrogen) atoms. The number of amides is 1. The number of carboxylic acid groups (broad SMARTS) is 1. The molecular weight excluding hydrogens is 304 g/mol. The van der Waals surface area contributed by atoms with Gasteiger partial charge in [0.1, 0.15) is 5.54 Å². The van der Waals surface area contributed by atoms with Crippen LogP contribution in [-0.2, 0) is 14.8 Å². The zero-order valence-electron chi connectivity index (χ0n) is 11.5. The van der Waals surface area contributed by atoms with Gasteiger partial charge in [-0.2, -0.15) is 0 Å². The fourth-order valence-electron chi connectivity index (χ4n) is 1.25. The van der Waals surface area contributed by atoms with Gasteiger partial charge in [-0.25, -0.2) is 17.9 Å². The maximum Gasteiger partial charge on any atom is 0.329 e. The number of nitrogens with zero attached hydrogens (tertiary/aromatic N) is 1. The van der Waals surface area contributed by atoms with E-state index in [1.54, 1.807) is 0 Å². The lowest BCUT2D eigenvalue weighted by molar-refractivity contribution is -0.147. The summed E-state index contributed by atoms with van der Waals surface area (Å²) < 4.78 is 25.3. The number of rotatable bonds is 5. The van der Waals surface area contributed by atoms with E-state index in [0.717, 1.165) is 16.2 Å². The lowest BCUT2D eigenvalue weighted by Gasteiger charge is -2.31. The van der Waals surface area contributed by atoms with Gasteiger partial charge in [0.15, 0.2) is 0 Å². The highest BCUT2D eigenvalue weighted by Gasteiger charge is 2.36. The molecule has 1 aromatic rings. The predicted octanol–water partition coefficient (Wildman–Crippen LogP) is 0.591. The summed E-state index contributed by atoms with van der Waals surface area (Å²) in [5.74, 6) is -1.69. The zero-order chi connectivity index (χ0) is 15.7. The van der Waals surface area contributed by atoms with E-state index in [4.69, 9.17) is 5.11 Å². The molecule has 0 radical (unpaired) electrons. The van der Waals surface area contributed by atoms with E-state index in [2.05, 4.69) is 4.72 Å². The van der Waals surface area contributed by atoms with Gasteiger partial charge in [0, 0.05) is 12.4 Å². The van der Waals surface area contributed by atoms with Gasteiger partial charge in [0.05, 0.1) is 9.77 Å². The topological polar surface area (TPSA) is 104 Å². The van der Waals surface area contributed by atoms with Gasteiger partial charge in [0.25, 0.3) is 5.91 Å². The highest BCUT2D eigenvalue weighted by Crippen LogP contribution is 2.23. The standard InChI is InChI=1S/C11H16N2O5S2/c1-11(2,10(15)16)13(4)9(14)8-5-7(6-19-8)20(17,18)12-3/h5-6,12H,1-4H3,(H,15,16). The minimum Gasteiger partial charge on any atom is -0.480 e. The molecule has 1 rings (SSSR count).